The molecule has 1 aliphatic heterocycles. The van der Waals surface area contributed by atoms with Crippen LogP contribution in [0.15, 0.2) is 0 Å². The molecule has 0 atom stereocenters. The van der Waals surface area contributed by atoms with Gasteiger partial charge in [-0.3, -0.25) is 4.79 Å². The first-order valence-corrected chi connectivity index (χ1v) is 7.64. The molecule has 4 heteroatoms. The first-order chi connectivity index (χ1) is 9.13. The van der Waals surface area contributed by atoms with E-state index in [1.54, 1.807) is 6.92 Å². The third kappa shape index (κ3) is 5.59. The Labute approximate surface area is 117 Å². The molecule has 0 aliphatic carbocycles. The summed E-state index contributed by atoms with van der Waals surface area (Å²) in [5.74, 6) is 0.637. The molecule has 0 aromatic heterocycles. The fraction of sp³-hybridized carbons (Fsp3) is 0.933. The molecule has 0 spiro atoms. The predicted molar refractivity (Wildman–Crippen MR) is 76.1 cm³/mol. The number of carbonyl (C=O) groups excluding carboxylic acids is 1. The van der Waals surface area contributed by atoms with Gasteiger partial charge in [0.25, 0.3) is 0 Å². The number of likely N-dealkylation sites (tertiary alicyclic amines) is 1. The molecule has 0 aromatic rings. The van der Waals surface area contributed by atoms with Crippen molar-refractivity contribution < 1.29 is 18.8 Å². The van der Waals surface area contributed by atoms with Gasteiger partial charge in [0, 0.05) is 32.0 Å². The molecule has 112 valence electrons. The van der Waals surface area contributed by atoms with Crippen molar-refractivity contribution in [1.82, 2.24) is 0 Å². The highest BCUT2D eigenvalue weighted by atomic mass is 16.5. The monoisotopic (exact) mass is 272 g/mol. The third-order valence-corrected chi connectivity index (χ3v) is 4.31. The SMILES string of the molecule is CCOCC[N+]1(CCOCC)CCC(C(C)=O)CC1. The summed E-state index contributed by atoms with van der Waals surface area (Å²) in [4.78, 5) is 11.5. The number of quaternary nitrogens is 1. The van der Waals surface area contributed by atoms with Crippen molar-refractivity contribution in [3.63, 3.8) is 0 Å². The van der Waals surface area contributed by atoms with Gasteiger partial charge in [-0.15, -0.1) is 0 Å². The van der Waals surface area contributed by atoms with Crippen molar-refractivity contribution in [3.8, 4) is 0 Å². The summed E-state index contributed by atoms with van der Waals surface area (Å²) in [7, 11) is 0. The Morgan fingerprint density at radius 1 is 1.05 bits per heavy atom. The standard InChI is InChI=1S/C15H30NO3/c1-4-18-12-10-16(11-13-19-5-2)8-6-15(7-9-16)14(3)17/h15H,4-13H2,1-3H3/q+1. The number of ether oxygens (including phenoxy) is 2. The van der Waals surface area contributed by atoms with Crippen LogP contribution < -0.4 is 0 Å². The van der Waals surface area contributed by atoms with Crippen molar-refractivity contribution in [2.24, 2.45) is 5.92 Å². The Morgan fingerprint density at radius 3 is 1.89 bits per heavy atom. The largest absolute Gasteiger partial charge is 0.376 e. The smallest absolute Gasteiger partial charge is 0.133 e. The summed E-state index contributed by atoms with van der Waals surface area (Å²) in [5.41, 5.74) is 0. The molecule has 1 heterocycles. The Bertz CT molecular complexity index is 248. The second-order valence-electron chi connectivity index (χ2n) is 5.51. The molecule has 0 aromatic carbocycles. The zero-order valence-corrected chi connectivity index (χ0v) is 12.8. The van der Waals surface area contributed by atoms with Crippen molar-refractivity contribution in [3.05, 3.63) is 0 Å². The van der Waals surface area contributed by atoms with Crippen LogP contribution in [0.1, 0.15) is 33.6 Å². The Kier molecular flexibility index (Phi) is 7.57. The summed E-state index contributed by atoms with van der Waals surface area (Å²) < 4.78 is 12.1. The topological polar surface area (TPSA) is 35.5 Å². The minimum atomic E-state index is 0.283. The second-order valence-corrected chi connectivity index (χ2v) is 5.51. The molecule has 0 radical (unpaired) electrons. The van der Waals surface area contributed by atoms with E-state index in [4.69, 9.17) is 9.47 Å². The van der Waals surface area contributed by atoms with Crippen LogP contribution in [0.25, 0.3) is 0 Å². The van der Waals surface area contributed by atoms with Crippen molar-refractivity contribution in [1.29, 1.82) is 0 Å². The molecule has 0 bridgehead atoms. The van der Waals surface area contributed by atoms with Crippen molar-refractivity contribution >= 4 is 5.78 Å². The van der Waals surface area contributed by atoms with E-state index in [2.05, 4.69) is 0 Å². The minimum Gasteiger partial charge on any atom is -0.376 e. The number of nitrogens with zero attached hydrogens (tertiary/aromatic N) is 1. The lowest BCUT2D eigenvalue weighted by Crippen LogP contribution is -2.56. The molecule has 1 saturated heterocycles. The van der Waals surface area contributed by atoms with Crippen LogP contribution in [0.5, 0.6) is 0 Å². The van der Waals surface area contributed by atoms with Gasteiger partial charge in [0.15, 0.2) is 0 Å². The summed E-state index contributed by atoms with van der Waals surface area (Å²) in [5, 5.41) is 0. The van der Waals surface area contributed by atoms with Crippen molar-refractivity contribution in [2.45, 2.75) is 33.6 Å². The number of piperidine rings is 1. The van der Waals surface area contributed by atoms with Crippen molar-refractivity contribution in [2.75, 3.05) is 52.6 Å². The van der Waals surface area contributed by atoms with E-state index >= 15 is 0 Å². The normalized spacial score (nSPS) is 19.5. The summed E-state index contributed by atoms with van der Waals surface area (Å²) in [6, 6.07) is 0. The highest BCUT2D eigenvalue weighted by Crippen LogP contribution is 2.24. The molecule has 0 saturated carbocycles. The van der Waals surface area contributed by atoms with Gasteiger partial charge in [-0.25, -0.2) is 0 Å². The number of hydrogen-bond donors (Lipinski definition) is 0. The minimum absolute atomic E-state index is 0.283. The molecule has 1 fully saturated rings. The van der Waals surface area contributed by atoms with E-state index < -0.39 is 0 Å². The summed E-state index contributed by atoms with van der Waals surface area (Å²) in [6.45, 7) is 13.2. The molecular formula is C15H30NO3+. The predicted octanol–water partition coefficient (Wildman–Crippen LogP) is 1.88. The maximum absolute atomic E-state index is 11.5. The summed E-state index contributed by atoms with van der Waals surface area (Å²) >= 11 is 0. The van der Waals surface area contributed by atoms with Gasteiger partial charge in [-0.1, -0.05) is 0 Å². The fourth-order valence-electron chi connectivity index (χ4n) is 2.89. The number of Topliss-reactive ketones (excluding diaryl/α,β-unsaturated/α-hetero) is 1. The van der Waals surface area contributed by atoms with Crippen LogP contribution in [0, 0.1) is 5.92 Å². The molecule has 1 rings (SSSR count). The molecule has 0 unspecified atom stereocenters. The lowest BCUT2D eigenvalue weighted by atomic mass is 9.91. The van der Waals surface area contributed by atoms with E-state index in [9.17, 15) is 4.79 Å². The van der Waals surface area contributed by atoms with E-state index in [0.29, 0.717) is 5.78 Å². The van der Waals surface area contributed by atoms with E-state index in [0.717, 1.165) is 69.9 Å². The molecule has 0 N–H and O–H groups in total. The highest BCUT2D eigenvalue weighted by Gasteiger charge is 2.34. The zero-order valence-electron chi connectivity index (χ0n) is 12.8. The first kappa shape index (κ1) is 16.6. The lowest BCUT2D eigenvalue weighted by Gasteiger charge is -2.43. The van der Waals surface area contributed by atoms with E-state index in [1.165, 1.54) is 0 Å². The number of rotatable bonds is 9. The maximum atomic E-state index is 11.5. The Morgan fingerprint density at radius 2 is 1.53 bits per heavy atom. The average Bonchev–Trinajstić information content (AvgIpc) is 2.40. The average molecular weight is 272 g/mol. The third-order valence-electron chi connectivity index (χ3n) is 4.31. The van der Waals surface area contributed by atoms with Gasteiger partial charge in [-0.05, 0) is 20.8 Å². The van der Waals surface area contributed by atoms with Crippen LogP contribution >= 0.6 is 0 Å². The fourth-order valence-corrected chi connectivity index (χ4v) is 2.89. The van der Waals surface area contributed by atoms with E-state index in [1.807, 2.05) is 13.8 Å². The van der Waals surface area contributed by atoms with Gasteiger partial charge < -0.3 is 14.0 Å². The highest BCUT2D eigenvalue weighted by molar-refractivity contribution is 5.78. The van der Waals surface area contributed by atoms with E-state index in [-0.39, 0.29) is 5.92 Å². The van der Waals surface area contributed by atoms with Crippen LogP contribution in [0.3, 0.4) is 0 Å². The quantitative estimate of drug-likeness (QED) is 0.475. The van der Waals surface area contributed by atoms with Crippen LogP contribution in [-0.4, -0.2) is 62.9 Å². The van der Waals surface area contributed by atoms with Gasteiger partial charge in [0.05, 0.1) is 26.3 Å². The number of hydrogen-bond acceptors (Lipinski definition) is 3. The van der Waals surface area contributed by atoms with Gasteiger partial charge >= 0.3 is 0 Å². The molecule has 19 heavy (non-hydrogen) atoms. The molecular weight excluding hydrogens is 242 g/mol. The van der Waals surface area contributed by atoms with Crippen LogP contribution in [0.2, 0.25) is 0 Å². The van der Waals surface area contributed by atoms with Gasteiger partial charge in [-0.2, -0.15) is 0 Å². The summed E-state index contributed by atoms with van der Waals surface area (Å²) in [6.07, 6.45) is 2.04. The Hall–Kier alpha value is -0.450. The molecule has 0 amide bonds. The maximum Gasteiger partial charge on any atom is 0.133 e. The Balaban J connectivity index is 2.48. The number of carbonyl (C=O) groups is 1. The van der Waals surface area contributed by atoms with Crippen LogP contribution in [0.4, 0.5) is 0 Å². The first-order valence-electron chi connectivity index (χ1n) is 7.64. The molecule has 1 aliphatic rings. The van der Waals surface area contributed by atoms with Crippen LogP contribution in [-0.2, 0) is 14.3 Å². The van der Waals surface area contributed by atoms with Gasteiger partial charge in [0.2, 0.25) is 0 Å². The number of ketones is 1. The molecule has 4 nitrogen and oxygen atoms in total. The zero-order chi connectivity index (χ0) is 14.1. The van der Waals surface area contributed by atoms with Gasteiger partial charge in [0.1, 0.15) is 18.9 Å². The second kappa shape index (κ2) is 8.67. The lowest BCUT2D eigenvalue weighted by molar-refractivity contribution is -0.933.